The van der Waals surface area contributed by atoms with Crippen LogP contribution in [0.5, 0.6) is 17.4 Å². The lowest BCUT2D eigenvalue weighted by Gasteiger charge is -2.17. The quantitative estimate of drug-likeness (QED) is 0.183. The average Bonchev–Trinajstić information content (AvgIpc) is 3.12. The average molecular weight is 520 g/mol. The number of nitrogens with zero attached hydrogens (tertiary/aromatic N) is 3. The van der Waals surface area contributed by atoms with Gasteiger partial charge in [0, 0.05) is 12.1 Å². The van der Waals surface area contributed by atoms with Crippen molar-refractivity contribution in [2.45, 2.75) is 26.7 Å². The molecule has 0 spiro atoms. The monoisotopic (exact) mass is 519 g/mol. The molecule has 3 aromatic rings. The number of imide groups is 1. The second-order valence-electron chi connectivity index (χ2n) is 8.66. The number of aromatic nitrogens is 1. The van der Waals surface area contributed by atoms with Crippen LogP contribution in [0.3, 0.4) is 0 Å². The number of aryl methyl sites for hydroxylation is 1. The smallest absolute Gasteiger partial charge is 0.293 e. The molecule has 2 heterocycles. The van der Waals surface area contributed by atoms with Crippen molar-refractivity contribution in [1.82, 2.24) is 9.88 Å². The van der Waals surface area contributed by atoms with E-state index in [9.17, 15) is 19.7 Å². The van der Waals surface area contributed by atoms with Gasteiger partial charge in [-0.3, -0.25) is 24.6 Å². The summed E-state index contributed by atoms with van der Waals surface area (Å²) in [6.45, 7) is 6.52. The Morgan fingerprint density at radius 3 is 2.51 bits per heavy atom. The van der Waals surface area contributed by atoms with Gasteiger partial charge in [0.1, 0.15) is 24.3 Å². The number of hydrogen-bond donors (Lipinski definition) is 0. The highest BCUT2D eigenvalue weighted by molar-refractivity contribution is 8.18. The molecular formula is C27H25N3O6S. The minimum absolute atomic E-state index is 0.126. The second kappa shape index (κ2) is 11.3. The summed E-state index contributed by atoms with van der Waals surface area (Å²) in [7, 11) is 0. The van der Waals surface area contributed by atoms with Gasteiger partial charge in [-0.05, 0) is 65.6 Å². The SMILES string of the molecule is Cc1ccc(C(C)C)c(OCCN2C(=O)S/C(=C\c3ccc(Oc4ccc([N+](=O)[O-])cn4)cc3)C2=O)c1. The minimum Gasteiger partial charge on any atom is -0.491 e. The highest BCUT2D eigenvalue weighted by Gasteiger charge is 2.34. The van der Waals surface area contributed by atoms with E-state index in [0.717, 1.165) is 34.8 Å². The Kier molecular flexibility index (Phi) is 7.88. The molecule has 1 aliphatic heterocycles. The Labute approximate surface area is 218 Å². The van der Waals surface area contributed by atoms with Gasteiger partial charge in [-0.2, -0.15) is 0 Å². The molecule has 0 bridgehead atoms. The highest BCUT2D eigenvalue weighted by atomic mass is 32.2. The standard InChI is InChI=1S/C27H25N3O6S/c1-17(2)22-10-4-18(3)14-23(22)35-13-12-29-26(31)24(37-27(29)32)15-19-5-8-21(9-6-19)36-25-11-7-20(16-28-25)30(33)34/h4-11,14-17H,12-13H2,1-3H3/b24-15-. The zero-order valence-electron chi connectivity index (χ0n) is 20.5. The van der Waals surface area contributed by atoms with Gasteiger partial charge in [-0.15, -0.1) is 0 Å². The normalized spacial score (nSPS) is 14.5. The third-order valence-electron chi connectivity index (χ3n) is 5.57. The lowest BCUT2D eigenvalue weighted by Crippen LogP contribution is -2.32. The first-order chi connectivity index (χ1) is 17.7. The van der Waals surface area contributed by atoms with Gasteiger partial charge in [0.15, 0.2) is 0 Å². The van der Waals surface area contributed by atoms with Crippen LogP contribution in [0.4, 0.5) is 10.5 Å². The molecule has 0 saturated carbocycles. The zero-order valence-corrected chi connectivity index (χ0v) is 21.4. The first-order valence-corrected chi connectivity index (χ1v) is 12.4. The van der Waals surface area contributed by atoms with Gasteiger partial charge in [-0.25, -0.2) is 4.98 Å². The van der Waals surface area contributed by atoms with Crippen molar-refractivity contribution in [3.05, 3.63) is 92.5 Å². The van der Waals surface area contributed by atoms with Crippen molar-refractivity contribution in [2.75, 3.05) is 13.2 Å². The first-order valence-electron chi connectivity index (χ1n) is 11.6. The number of rotatable bonds is 9. The zero-order chi connectivity index (χ0) is 26.5. The molecule has 1 fully saturated rings. The Morgan fingerprint density at radius 2 is 1.86 bits per heavy atom. The number of amides is 2. The van der Waals surface area contributed by atoms with Crippen LogP contribution in [-0.2, 0) is 4.79 Å². The maximum absolute atomic E-state index is 12.9. The first kappa shape index (κ1) is 25.9. The van der Waals surface area contributed by atoms with E-state index in [2.05, 4.69) is 18.8 Å². The third-order valence-corrected chi connectivity index (χ3v) is 6.48. The maximum atomic E-state index is 12.9. The summed E-state index contributed by atoms with van der Waals surface area (Å²) in [5, 5.41) is 10.4. The van der Waals surface area contributed by atoms with E-state index >= 15 is 0 Å². The van der Waals surface area contributed by atoms with Crippen molar-refractivity contribution < 1.29 is 24.0 Å². The molecule has 0 aliphatic carbocycles. The molecule has 9 nitrogen and oxygen atoms in total. The van der Waals surface area contributed by atoms with Gasteiger partial charge < -0.3 is 9.47 Å². The topological polar surface area (TPSA) is 112 Å². The molecule has 0 N–H and O–H groups in total. The fraction of sp³-hybridized carbons (Fsp3) is 0.222. The molecule has 0 unspecified atom stereocenters. The number of carbonyl (C=O) groups is 2. The summed E-state index contributed by atoms with van der Waals surface area (Å²) < 4.78 is 11.5. The van der Waals surface area contributed by atoms with Gasteiger partial charge in [0.25, 0.3) is 16.8 Å². The number of nitro groups is 1. The Balaban J connectivity index is 1.36. The van der Waals surface area contributed by atoms with Crippen LogP contribution in [0.1, 0.15) is 36.5 Å². The molecule has 2 amide bonds. The lowest BCUT2D eigenvalue weighted by atomic mass is 10.0. The van der Waals surface area contributed by atoms with E-state index < -0.39 is 4.92 Å². The molecule has 4 rings (SSSR count). The van der Waals surface area contributed by atoms with Crippen LogP contribution in [0.15, 0.2) is 65.7 Å². The number of carbonyl (C=O) groups excluding carboxylic acids is 2. The molecule has 1 saturated heterocycles. The fourth-order valence-electron chi connectivity index (χ4n) is 3.63. The summed E-state index contributed by atoms with van der Waals surface area (Å²) >= 11 is 0.891. The third kappa shape index (κ3) is 6.34. The van der Waals surface area contributed by atoms with E-state index in [1.54, 1.807) is 30.3 Å². The molecule has 37 heavy (non-hydrogen) atoms. The van der Waals surface area contributed by atoms with E-state index in [0.29, 0.717) is 16.2 Å². The van der Waals surface area contributed by atoms with Crippen molar-refractivity contribution in [3.8, 4) is 17.4 Å². The van der Waals surface area contributed by atoms with Crippen LogP contribution >= 0.6 is 11.8 Å². The largest absolute Gasteiger partial charge is 0.491 e. The maximum Gasteiger partial charge on any atom is 0.293 e. The molecule has 2 aromatic carbocycles. The number of thioether (sulfide) groups is 1. The summed E-state index contributed by atoms with van der Waals surface area (Å²) in [5.74, 6) is 1.39. The Morgan fingerprint density at radius 1 is 1.11 bits per heavy atom. The lowest BCUT2D eigenvalue weighted by molar-refractivity contribution is -0.385. The van der Waals surface area contributed by atoms with Crippen molar-refractivity contribution in [3.63, 3.8) is 0 Å². The number of pyridine rings is 1. The van der Waals surface area contributed by atoms with E-state index in [-0.39, 0.29) is 41.8 Å². The minimum atomic E-state index is -0.535. The molecule has 190 valence electrons. The van der Waals surface area contributed by atoms with Crippen molar-refractivity contribution in [1.29, 1.82) is 0 Å². The summed E-state index contributed by atoms with van der Waals surface area (Å²) in [5.41, 5.74) is 2.75. The van der Waals surface area contributed by atoms with Gasteiger partial charge in [0.2, 0.25) is 5.88 Å². The van der Waals surface area contributed by atoms with E-state index in [4.69, 9.17) is 9.47 Å². The molecule has 10 heteroatoms. The van der Waals surface area contributed by atoms with Crippen LogP contribution in [0.2, 0.25) is 0 Å². The number of hydrogen-bond acceptors (Lipinski definition) is 8. The predicted octanol–water partition coefficient (Wildman–Crippen LogP) is 6.33. The molecule has 1 aromatic heterocycles. The van der Waals surface area contributed by atoms with Gasteiger partial charge >= 0.3 is 0 Å². The molecule has 0 radical (unpaired) electrons. The van der Waals surface area contributed by atoms with Crippen molar-refractivity contribution >= 4 is 34.7 Å². The predicted molar refractivity (Wildman–Crippen MR) is 141 cm³/mol. The molecule has 0 atom stereocenters. The Hall–Kier alpha value is -4.18. The molecular weight excluding hydrogens is 494 g/mol. The van der Waals surface area contributed by atoms with E-state index in [1.165, 1.54) is 17.0 Å². The molecule has 1 aliphatic rings. The fourth-order valence-corrected chi connectivity index (χ4v) is 4.49. The number of benzene rings is 2. The number of ether oxygens (including phenoxy) is 2. The van der Waals surface area contributed by atoms with E-state index in [1.807, 2.05) is 25.1 Å². The summed E-state index contributed by atoms with van der Waals surface area (Å²) in [6, 6.07) is 15.6. The second-order valence-corrected chi connectivity index (χ2v) is 9.65. The van der Waals surface area contributed by atoms with Crippen LogP contribution < -0.4 is 9.47 Å². The van der Waals surface area contributed by atoms with Crippen LogP contribution in [-0.4, -0.2) is 39.1 Å². The van der Waals surface area contributed by atoms with Crippen LogP contribution in [0, 0.1) is 17.0 Å². The highest BCUT2D eigenvalue weighted by Crippen LogP contribution is 2.33. The van der Waals surface area contributed by atoms with Gasteiger partial charge in [0.05, 0.1) is 16.4 Å². The van der Waals surface area contributed by atoms with Gasteiger partial charge in [-0.1, -0.05) is 38.1 Å². The Bertz CT molecular complexity index is 1350. The van der Waals surface area contributed by atoms with Crippen molar-refractivity contribution in [2.24, 2.45) is 0 Å². The summed E-state index contributed by atoms with van der Waals surface area (Å²) in [6.07, 6.45) is 2.77. The van der Waals surface area contributed by atoms with Crippen LogP contribution in [0.25, 0.3) is 6.08 Å². The summed E-state index contributed by atoms with van der Waals surface area (Å²) in [4.78, 5) is 41.0.